The average molecular weight is 331 g/mol. The lowest BCUT2D eigenvalue weighted by Crippen LogP contribution is -2.28. The first kappa shape index (κ1) is 17.0. The molecular formula is C15H13N3O6. The van der Waals surface area contributed by atoms with Crippen LogP contribution < -0.4 is 5.32 Å². The number of aliphatic hydroxyl groups excluding tert-OH is 1. The maximum Gasteiger partial charge on any atom is 0.277 e. The molecule has 0 saturated carbocycles. The molecule has 0 aromatic heterocycles. The van der Waals surface area contributed by atoms with E-state index in [-0.39, 0.29) is 12.1 Å². The summed E-state index contributed by atoms with van der Waals surface area (Å²) in [6.45, 7) is -0.140. The van der Waals surface area contributed by atoms with Crippen molar-refractivity contribution in [3.8, 4) is 0 Å². The van der Waals surface area contributed by atoms with Gasteiger partial charge in [-0.1, -0.05) is 30.3 Å². The summed E-state index contributed by atoms with van der Waals surface area (Å²) < 4.78 is 0. The second kappa shape index (κ2) is 7.29. The number of nitrogens with one attached hydrogen (secondary N) is 1. The molecule has 2 aromatic rings. The molecular weight excluding hydrogens is 318 g/mol. The summed E-state index contributed by atoms with van der Waals surface area (Å²) in [6, 6.07) is 11.2. The van der Waals surface area contributed by atoms with E-state index in [2.05, 4.69) is 5.32 Å². The van der Waals surface area contributed by atoms with Crippen molar-refractivity contribution in [1.82, 2.24) is 5.32 Å². The summed E-state index contributed by atoms with van der Waals surface area (Å²) in [5.41, 5.74) is -0.755. The number of rotatable bonds is 6. The molecule has 2 aromatic carbocycles. The number of carbonyl (C=O) groups excluding carboxylic acids is 1. The number of benzene rings is 2. The largest absolute Gasteiger partial charge is 0.387 e. The van der Waals surface area contributed by atoms with E-state index >= 15 is 0 Å². The zero-order valence-electron chi connectivity index (χ0n) is 12.3. The minimum atomic E-state index is -0.969. The van der Waals surface area contributed by atoms with Crippen LogP contribution in [0.1, 0.15) is 22.0 Å². The fourth-order valence-electron chi connectivity index (χ4n) is 2.02. The van der Waals surface area contributed by atoms with Crippen LogP contribution in [0, 0.1) is 20.2 Å². The van der Waals surface area contributed by atoms with E-state index in [0.29, 0.717) is 5.56 Å². The van der Waals surface area contributed by atoms with Gasteiger partial charge in [0.1, 0.15) is 0 Å². The van der Waals surface area contributed by atoms with Gasteiger partial charge in [-0.2, -0.15) is 0 Å². The van der Waals surface area contributed by atoms with Crippen LogP contribution in [0.15, 0.2) is 48.5 Å². The molecule has 0 spiro atoms. The lowest BCUT2D eigenvalue weighted by molar-refractivity contribution is -0.394. The number of amides is 1. The predicted molar refractivity (Wildman–Crippen MR) is 83.5 cm³/mol. The fourth-order valence-corrected chi connectivity index (χ4v) is 2.02. The van der Waals surface area contributed by atoms with Crippen molar-refractivity contribution >= 4 is 17.3 Å². The molecule has 1 atom stereocenters. The Bertz CT molecular complexity index is 746. The van der Waals surface area contributed by atoms with Gasteiger partial charge >= 0.3 is 0 Å². The van der Waals surface area contributed by atoms with Crippen LogP contribution >= 0.6 is 0 Å². The van der Waals surface area contributed by atoms with E-state index in [4.69, 9.17) is 0 Å². The molecule has 24 heavy (non-hydrogen) atoms. The maximum atomic E-state index is 12.1. The van der Waals surface area contributed by atoms with Gasteiger partial charge in [0, 0.05) is 18.7 Å². The number of nitro groups is 2. The predicted octanol–water partition coefficient (Wildman–Crippen LogP) is 1.97. The Morgan fingerprint density at radius 2 is 1.58 bits per heavy atom. The normalized spacial score (nSPS) is 11.5. The fraction of sp³-hybridized carbons (Fsp3) is 0.133. The summed E-state index contributed by atoms with van der Waals surface area (Å²) in [7, 11) is 0. The Morgan fingerprint density at radius 3 is 2.08 bits per heavy atom. The molecule has 0 aliphatic heterocycles. The van der Waals surface area contributed by atoms with Crippen LogP contribution in [0.4, 0.5) is 11.4 Å². The summed E-state index contributed by atoms with van der Waals surface area (Å²) in [6.07, 6.45) is -0.969. The van der Waals surface area contributed by atoms with Gasteiger partial charge in [0.05, 0.1) is 27.6 Å². The zero-order chi connectivity index (χ0) is 17.7. The van der Waals surface area contributed by atoms with Gasteiger partial charge in [-0.05, 0) is 5.56 Å². The monoisotopic (exact) mass is 331 g/mol. The van der Waals surface area contributed by atoms with Crippen LogP contribution in [0.25, 0.3) is 0 Å². The smallest absolute Gasteiger partial charge is 0.277 e. The van der Waals surface area contributed by atoms with Gasteiger partial charge in [-0.15, -0.1) is 0 Å². The Morgan fingerprint density at radius 1 is 1.04 bits per heavy atom. The minimum Gasteiger partial charge on any atom is -0.387 e. The highest BCUT2D eigenvalue weighted by molar-refractivity contribution is 5.95. The van der Waals surface area contributed by atoms with Crippen LogP contribution in [0.5, 0.6) is 0 Å². The van der Waals surface area contributed by atoms with Gasteiger partial charge in [0.15, 0.2) is 0 Å². The van der Waals surface area contributed by atoms with Crippen molar-refractivity contribution in [2.75, 3.05) is 6.54 Å². The van der Waals surface area contributed by atoms with Crippen LogP contribution in [0.2, 0.25) is 0 Å². The van der Waals surface area contributed by atoms with Gasteiger partial charge in [-0.25, -0.2) is 0 Å². The third-order valence-corrected chi connectivity index (χ3v) is 3.23. The minimum absolute atomic E-state index is 0.140. The van der Waals surface area contributed by atoms with Crippen molar-refractivity contribution in [3.63, 3.8) is 0 Å². The Kier molecular flexibility index (Phi) is 5.17. The highest BCUT2D eigenvalue weighted by Crippen LogP contribution is 2.22. The summed E-state index contributed by atoms with van der Waals surface area (Å²) >= 11 is 0. The van der Waals surface area contributed by atoms with Crippen LogP contribution in [-0.2, 0) is 0 Å². The van der Waals surface area contributed by atoms with Crippen molar-refractivity contribution in [2.24, 2.45) is 0 Å². The standard InChI is InChI=1S/C15H13N3O6/c19-14(10-4-2-1-3-5-10)9-16-15(20)11-6-12(17(21)22)8-13(7-11)18(23)24/h1-8,14,19H,9H2,(H,16,20)/t14-/m1/s1. The van der Waals surface area contributed by atoms with E-state index in [9.17, 15) is 30.1 Å². The molecule has 0 aliphatic carbocycles. The first-order chi connectivity index (χ1) is 11.4. The first-order valence-electron chi connectivity index (χ1n) is 6.83. The van der Waals surface area contributed by atoms with Crippen LogP contribution in [0.3, 0.4) is 0 Å². The molecule has 2 N–H and O–H groups in total. The summed E-state index contributed by atoms with van der Waals surface area (Å²) in [5.74, 6) is -0.753. The molecule has 0 radical (unpaired) electrons. The number of hydrogen-bond acceptors (Lipinski definition) is 6. The topological polar surface area (TPSA) is 136 Å². The van der Waals surface area contributed by atoms with Gasteiger partial charge in [0.25, 0.3) is 17.3 Å². The second-order valence-electron chi connectivity index (χ2n) is 4.89. The molecule has 9 nitrogen and oxygen atoms in total. The highest BCUT2D eigenvalue weighted by atomic mass is 16.6. The molecule has 1 amide bonds. The van der Waals surface area contributed by atoms with Crippen molar-refractivity contribution in [3.05, 3.63) is 79.9 Å². The quantitative estimate of drug-likeness (QED) is 0.613. The molecule has 2 rings (SSSR count). The van der Waals surface area contributed by atoms with Crippen molar-refractivity contribution < 1.29 is 19.7 Å². The lowest BCUT2D eigenvalue weighted by atomic mass is 10.1. The van der Waals surface area contributed by atoms with E-state index in [1.54, 1.807) is 30.3 Å². The molecule has 0 aliphatic rings. The number of nitro benzene ring substituents is 2. The number of aliphatic hydroxyl groups is 1. The van der Waals surface area contributed by atoms with E-state index in [0.717, 1.165) is 18.2 Å². The molecule has 0 fully saturated rings. The van der Waals surface area contributed by atoms with E-state index < -0.39 is 33.2 Å². The molecule has 9 heteroatoms. The van der Waals surface area contributed by atoms with E-state index in [1.165, 1.54) is 0 Å². The Hall–Kier alpha value is -3.33. The number of non-ortho nitro benzene ring substituents is 2. The molecule has 0 saturated heterocycles. The SMILES string of the molecule is O=C(NC[C@@H](O)c1ccccc1)c1cc([N+](=O)[O-])cc([N+](=O)[O-])c1. The molecule has 0 unspecified atom stereocenters. The van der Waals surface area contributed by atoms with Crippen molar-refractivity contribution in [2.45, 2.75) is 6.10 Å². The number of nitrogens with zero attached hydrogens (tertiary/aromatic N) is 2. The lowest BCUT2D eigenvalue weighted by Gasteiger charge is -2.12. The first-order valence-corrected chi connectivity index (χ1v) is 6.83. The Labute approximate surface area is 135 Å². The maximum absolute atomic E-state index is 12.1. The molecule has 0 heterocycles. The van der Waals surface area contributed by atoms with Crippen LogP contribution in [-0.4, -0.2) is 27.4 Å². The zero-order valence-corrected chi connectivity index (χ0v) is 12.3. The number of hydrogen-bond donors (Lipinski definition) is 2. The highest BCUT2D eigenvalue weighted by Gasteiger charge is 2.20. The second-order valence-corrected chi connectivity index (χ2v) is 4.89. The molecule has 0 bridgehead atoms. The van der Waals surface area contributed by atoms with Gasteiger partial charge in [0.2, 0.25) is 0 Å². The van der Waals surface area contributed by atoms with Gasteiger partial charge in [-0.3, -0.25) is 25.0 Å². The van der Waals surface area contributed by atoms with Crippen molar-refractivity contribution in [1.29, 1.82) is 0 Å². The average Bonchev–Trinajstić information content (AvgIpc) is 2.59. The van der Waals surface area contributed by atoms with E-state index in [1.807, 2.05) is 0 Å². The summed E-state index contributed by atoms with van der Waals surface area (Å²) in [4.78, 5) is 32.1. The Balaban J connectivity index is 2.14. The summed E-state index contributed by atoms with van der Waals surface area (Å²) in [5, 5.41) is 34.0. The number of carbonyl (C=O) groups is 1. The molecule has 124 valence electrons. The van der Waals surface area contributed by atoms with Gasteiger partial charge < -0.3 is 10.4 Å². The third-order valence-electron chi connectivity index (χ3n) is 3.23. The third kappa shape index (κ3) is 4.11.